The molecule has 1 amide bonds. The Hall–Kier alpha value is -1.90. The first-order valence-electron chi connectivity index (χ1n) is 7.28. The van der Waals surface area contributed by atoms with E-state index in [0.29, 0.717) is 5.13 Å². The Bertz CT molecular complexity index is 914. The second-order valence-electron chi connectivity index (χ2n) is 4.98. The average molecular weight is 437 g/mol. The van der Waals surface area contributed by atoms with Crippen molar-refractivity contribution >= 4 is 66.8 Å². The molecule has 0 aliphatic heterocycles. The standard InChI is InChI=1S/C17H13BrN2O3S2/c18-14-8-19-17(25-14)20-15(21)9-23-16(22)10-24-13-6-5-11-3-1-2-4-12(11)7-13/h1-8H,9-10H2,(H,19,20,21). The predicted molar refractivity (Wildman–Crippen MR) is 104 cm³/mol. The van der Waals surface area contributed by atoms with E-state index in [1.807, 2.05) is 42.5 Å². The van der Waals surface area contributed by atoms with Crippen LogP contribution < -0.4 is 5.32 Å². The van der Waals surface area contributed by atoms with Gasteiger partial charge in [0, 0.05) is 4.90 Å². The van der Waals surface area contributed by atoms with Gasteiger partial charge >= 0.3 is 5.97 Å². The van der Waals surface area contributed by atoms with E-state index in [-0.39, 0.29) is 12.4 Å². The Morgan fingerprint density at radius 3 is 2.76 bits per heavy atom. The van der Waals surface area contributed by atoms with Gasteiger partial charge in [-0.3, -0.25) is 14.9 Å². The van der Waals surface area contributed by atoms with Crippen LogP contribution in [0.4, 0.5) is 5.13 Å². The van der Waals surface area contributed by atoms with Crippen molar-refractivity contribution in [1.82, 2.24) is 4.98 Å². The van der Waals surface area contributed by atoms with Gasteiger partial charge in [0.1, 0.15) is 0 Å². The number of thiazole rings is 1. The summed E-state index contributed by atoms with van der Waals surface area (Å²) < 4.78 is 5.80. The number of aromatic nitrogens is 1. The molecule has 128 valence electrons. The lowest BCUT2D eigenvalue weighted by atomic mass is 10.1. The second-order valence-corrected chi connectivity index (χ2v) is 8.43. The second kappa shape index (κ2) is 8.46. The summed E-state index contributed by atoms with van der Waals surface area (Å²) in [5.41, 5.74) is 0. The van der Waals surface area contributed by atoms with Gasteiger partial charge in [-0.25, -0.2) is 4.98 Å². The molecule has 3 aromatic rings. The van der Waals surface area contributed by atoms with Crippen molar-refractivity contribution in [3.63, 3.8) is 0 Å². The number of carbonyl (C=O) groups is 2. The molecular weight excluding hydrogens is 424 g/mol. The maximum absolute atomic E-state index is 11.8. The van der Waals surface area contributed by atoms with Gasteiger partial charge in [0.2, 0.25) is 0 Å². The highest BCUT2D eigenvalue weighted by Crippen LogP contribution is 2.24. The molecule has 1 N–H and O–H groups in total. The molecule has 25 heavy (non-hydrogen) atoms. The van der Waals surface area contributed by atoms with Crippen LogP contribution in [0.15, 0.2) is 57.3 Å². The fraction of sp³-hybridized carbons (Fsp3) is 0.118. The van der Waals surface area contributed by atoms with Crippen molar-refractivity contribution < 1.29 is 14.3 Å². The van der Waals surface area contributed by atoms with Gasteiger partial charge in [0.25, 0.3) is 5.91 Å². The number of hydrogen-bond acceptors (Lipinski definition) is 6. The molecule has 1 aromatic heterocycles. The minimum Gasteiger partial charge on any atom is -0.455 e. The maximum atomic E-state index is 11.8. The molecule has 0 saturated heterocycles. The van der Waals surface area contributed by atoms with E-state index in [2.05, 4.69) is 26.2 Å². The van der Waals surface area contributed by atoms with E-state index in [4.69, 9.17) is 4.74 Å². The zero-order valence-electron chi connectivity index (χ0n) is 12.9. The topological polar surface area (TPSA) is 68.3 Å². The number of ether oxygens (including phenoxy) is 1. The first kappa shape index (κ1) is 17.9. The number of benzene rings is 2. The number of esters is 1. The first-order valence-corrected chi connectivity index (χ1v) is 9.88. The van der Waals surface area contributed by atoms with E-state index >= 15 is 0 Å². The lowest BCUT2D eigenvalue weighted by molar-refractivity contribution is -0.144. The summed E-state index contributed by atoms with van der Waals surface area (Å²) in [6.07, 6.45) is 1.59. The number of thioether (sulfide) groups is 1. The summed E-state index contributed by atoms with van der Waals surface area (Å²) in [5, 5.41) is 5.30. The highest BCUT2D eigenvalue weighted by molar-refractivity contribution is 9.11. The monoisotopic (exact) mass is 436 g/mol. The Balaban J connectivity index is 1.44. The van der Waals surface area contributed by atoms with Crippen molar-refractivity contribution in [3.8, 4) is 0 Å². The third-order valence-corrected chi connectivity index (χ3v) is 5.52. The fourth-order valence-corrected chi connectivity index (χ4v) is 3.92. The molecule has 0 saturated carbocycles. The van der Waals surface area contributed by atoms with Crippen molar-refractivity contribution in [2.24, 2.45) is 0 Å². The summed E-state index contributed by atoms with van der Waals surface area (Å²) in [4.78, 5) is 28.5. The van der Waals surface area contributed by atoms with E-state index < -0.39 is 11.9 Å². The molecule has 5 nitrogen and oxygen atoms in total. The summed E-state index contributed by atoms with van der Waals surface area (Å²) in [5.74, 6) is -0.700. The van der Waals surface area contributed by atoms with Gasteiger partial charge in [0.05, 0.1) is 15.7 Å². The average Bonchev–Trinajstić information content (AvgIpc) is 3.02. The van der Waals surface area contributed by atoms with Crippen LogP contribution in [0.3, 0.4) is 0 Å². The quantitative estimate of drug-likeness (QED) is 0.459. The number of hydrogen-bond donors (Lipinski definition) is 1. The number of halogens is 1. The molecule has 0 aliphatic carbocycles. The van der Waals surface area contributed by atoms with Crippen LogP contribution in [0, 0.1) is 0 Å². The van der Waals surface area contributed by atoms with Crippen LogP contribution in [0.1, 0.15) is 0 Å². The number of anilines is 1. The zero-order valence-corrected chi connectivity index (χ0v) is 16.1. The predicted octanol–water partition coefficient (Wildman–Crippen LogP) is 4.33. The number of nitrogens with zero attached hydrogens (tertiary/aromatic N) is 1. The molecule has 0 spiro atoms. The Kier molecular flexibility index (Phi) is 6.06. The summed E-state index contributed by atoms with van der Waals surface area (Å²) in [7, 11) is 0. The molecule has 0 fully saturated rings. The molecular formula is C17H13BrN2O3S2. The zero-order chi connectivity index (χ0) is 17.6. The molecule has 0 unspecified atom stereocenters. The van der Waals surface area contributed by atoms with Crippen LogP contribution in [0.2, 0.25) is 0 Å². The summed E-state index contributed by atoms with van der Waals surface area (Å²) in [6.45, 7) is -0.325. The van der Waals surface area contributed by atoms with Gasteiger partial charge in [-0.15, -0.1) is 11.8 Å². The van der Waals surface area contributed by atoms with Gasteiger partial charge < -0.3 is 4.74 Å². The van der Waals surface area contributed by atoms with Crippen molar-refractivity contribution in [2.75, 3.05) is 17.7 Å². The molecule has 2 aromatic carbocycles. The normalized spacial score (nSPS) is 10.6. The number of carbonyl (C=O) groups excluding carboxylic acids is 2. The van der Waals surface area contributed by atoms with Crippen LogP contribution in [-0.2, 0) is 14.3 Å². The van der Waals surface area contributed by atoms with Crippen molar-refractivity contribution in [3.05, 3.63) is 52.4 Å². The number of rotatable bonds is 6. The van der Waals surface area contributed by atoms with Gasteiger partial charge in [-0.05, 0) is 38.8 Å². The maximum Gasteiger partial charge on any atom is 0.316 e. The SMILES string of the molecule is O=C(COC(=O)CSc1ccc2ccccc2c1)Nc1ncc(Br)s1. The Labute approximate surface area is 160 Å². The van der Waals surface area contributed by atoms with Crippen molar-refractivity contribution in [2.45, 2.75) is 4.90 Å². The van der Waals surface area contributed by atoms with E-state index in [1.54, 1.807) is 6.20 Å². The highest BCUT2D eigenvalue weighted by Gasteiger charge is 2.10. The molecule has 8 heteroatoms. The molecule has 0 bridgehead atoms. The van der Waals surface area contributed by atoms with Gasteiger partial charge in [0.15, 0.2) is 11.7 Å². The molecule has 3 rings (SSSR count). The van der Waals surface area contributed by atoms with E-state index in [1.165, 1.54) is 23.1 Å². The molecule has 1 heterocycles. The van der Waals surface area contributed by atoms with Crippen LogP contribution in [0.25, 0.3) is 10.8 Å². The van der Waals surface area contributed by atoms with Gasteiger partial charge in [-0.2, -0.15) is 0 Å². The molecule has 0 atom stereocenters. The Morgan fingerprint density at radius 1 is 1.20 bits per heavy atom. The number of nitrogens with one attached hydrogen (secondary N) is 1. The van der Waals surface area contributed by atoms with Crippen LogP contribution in [-0.4, -0.2) is 29.2 Å². The third kappa shape index (κ3) is 5.29. The lowest BCUT2D eigenvalue weighted by Gasteiger charge is -2.05. The van der Waals surface area contributed by atoms with E-state index in [0.717, 1.165) is 19.5 Å². The minimum atomic E-state index is -0.436. The Morgan fingerprint density at radius 2 is 2.00 bits per heavy atom. The molecule has 0 radical (unpaired) electrons. The smallest absolute Gasteiger partial charge is 0.316 e. The fourth-order valence-electron chi connectivity index (χ4n) is 2.05. The summed E-state index contributed by atoms with van der Waals surface area (Å²) >= 11 is 5.93. The number of amides is 1. The van der Waals surface area contributed by atoms with Crippen LogP contribution >= 0.6 is 39.0 Å². The van der Waals surface area contributed by atoms with Crippen LogP contribution in [0.5, 0.6) is 0 Å². The molecule has 0 aliphatic rings. The first-order chi connectivity index (χ1) is 12.1. The number of fused-ring (bicyclic) bond motifs is 1. The van der Waals surface area contributed by atoms with Crippen molar-refractivity contribution in [1.29, 1.82) is 0 Å². The van der Waals surface area contributed by atoms with E-state index in [9.17, 15) is 9.59 Å². The largest absolute Gasteiger partial charge is 0.455 e. The highest BCUT2D eigenvalue weighted by atomic mass is 79.9. The van der Waals surface area contributed by atoms with Gasteiger partial charge in [-0.1, -0.05) is 41.7 Å². The summed E-state index contributed by atoms with van der Waals surface area (Å²) in [6, 6.07) is 14.0. The third-order valence-electron chi connectivity index (χ3n) is 3.17. The lowest BCUT2D eigenvalue weighted by Crippen LogP contribution is -2.21. The minimum absolute atomic E-state index is 0.147.